The summed E-state index contributed by atoms with van der Waals surface area (Å²) in [6, 6.07) is 20.4. The van der Waals surface area contributed by atoms with E-state index in [1.807, 2.05) is 36.4 Å². The van der Waals surface area contributed by atoms with Crippen LogP contribution in [0.1, 0.15) is 32.1 Å². The van der Waals surface area contributed by atoms with Gasteiger partial charge in [0.25, 0.3) is 0 Å². The van der Waals surface area contributed by atoms with Crippen molar-refractivity contribution in [2.24, 2.45) is 5.92 Å². The second-order valence-corrected chi connectivity index (χ2v) is 7.93. The van der Waals surface area contributed by atoms with Gasteiger partial charge in [-0.25, -0.2) is 19.9 Å². The maximum atomic E-state index is 5.04. The Kier molecular flexibility index (Phi) is 5.34. The lowest BCUT2D eigenvalue weighted by Gasteiger charge is -2.22. The van der Waals surface area contributed by atoms with Crippen LogP contribution in [0.5, 0.6) is 0 Å². The first-order valence-corrected chi connectivity index (χ1v) is 10.8. The van der Waals surface area contributed by atoms with E-state index < -0.39 is 0 Å². The molecule has 0 unspecified atom stereocenters. The topological polar surface area (TPSA) is 63.6 Å². The number of anilines is 1. The molecule has 5 heteroatoms. The van der Waals surface area contributed by atoms with Crippen LogP contribution in [0, 0.1) is 5.92 Å². The van der Waals surface area contributed by atoms with E-state index in [4.69, 9.17) is 9.97 Å². The zero-order valence-electron chi connectivity index (χ0n) is 17.0. The van der Waals surface area contributed by atoms with Crippen molar-refractivity contribution in [3.8, 4) is 22.5 Å². The molecule has 150 valence electrons. The molecule has 4 aromatic rings. The second kappa shape index (κ2) is 8.57. The Morgan fingerprint density at radius 1 is 0.733 bits per heavy atom. The minimum atomic E-state index is 0.620. The van der Waals surface area contributed by atoms with Gasteiger partial charge >= 0.3 is 0 Å². The molecular weight excluding hydrogens is 370 g/mol. The fraction of sp³-hybridized carbons (Fsp3) is 0.280. The molecule has 5 rings (SSSR count). The first kappa shape index (κ1) is 18.7. The molecule has 0 amide bonds. The average molecular weight is 396 g/mol. The molecule has 5 nitrogen and oxygen atoms in total. The Hall–Kier alpha value is -3.34. The smallest absolute Gasteiger partial charge is 0.184 e. The first-order chi connectivity index (χ1) is 14.9. The van der Waals surface area contributed by atoms with Crippen LogP contribution < -0.4 is 5.32 Å². The van der Waals surface area contributed by atoms with Gasteiger partial charge in [-0.2, -0.15) is 0 Å². The maximum Gasteiger partial charge on any atom is 0.184 e. The molecule has 0 bridgehead atoms. The van der Waals surface area contributed by atoms with Gasteiger partial charge in [0, 0.05) is 17.7 Å². The fourth-order valence-corrected chi connectivity index (χ4v) is 4.23. The third-order valence-electron chi connectivity index (χ3n) is 5.85. The molecule has 2 aromatic carbocycles. The van der Waals surface area contributed by atoms with E-state index in [2.05, 4.69) is 39.6 Å². The predicted octanol–water partition coefficient (Wildman–Crippen LogP) is 5.75. The van der Waals surface area contributed by atoms with Crippen molar-refractivity contribution < 1.29 is 0 Å². The molecule has 0 atom stereocenters. The Bertz CT molecular complexity index is 1120. The SMILES string of the molecule is c1ccc(-c2nc3ncnc(NCC4CCCCC4)c3nc2-c2ccccc2)cc1. The summed E-state index contributed by atoms with van der Waals surface area (Å²) in [6.07, 6.45) is 8.17. The molecule has 1 aliphatic rings. The number of hydrogen-bond donors (Lipinski definition) is 1. The van der Waals surface area contributed by atoms with E-state index in [0.29, 0.717) is 11.6 Å². The molecule has 30 heavy (non-hydrogen) atoms. The highest BCUT2D eigenvalue weighted by Crippen LogP contribution is 2.32. The summed E-state index contributed by atoms with van der Waals surface area (Å²) in [5, 5.41) is 3.54. The normalized spacial score (nSPS) is 14.7. The molecule has 0 aliphatic heterocycles. The molecular formula is C25H25N5. The summed E-state index contributed by atoms with van der Waals surface area (Å²) in [5.41, 5.74) is 5.10. The molecule has 0 radical (unpaired) electrons. The standard InChI is InChI=1S/C25H25N5/c1-4-10-18(11-5-1)16-26-24-23-25(28-17-27-24)30-22(20-14-8-3-9-15-20)21(29-23)19-12-6-2-7-13-19/h2-3,6-9,12-15,17-18H,1,4-5,10-11,16H2,(H,26,27,28,30). The summed E-state index contributed by atoms with van der Waals surface area (Å²) < 4.78 is 0. The number of hydrogen-bond acceptors (Lipinski definition) is 5. The second-order valence-electron chi connectivity index (χ2n) is 7.93. The Balaban J connectivity index is 1.59. The predicted molar refractivity (Wildman–Crippen MR) is 121 cm³/mol. The highest BCUT2D eigenvalue weighted by Gasteiger charge is 2.18. The molecule has 2 aromatic heterocycles. The van der Waals surface area contributed by atoms with E-state index in [1.54, 1.807) is 6.33 Å². The highest BCUT2D eigenvalue weighted by atomic mass is 15.1. The van der Waals surface area contributed by atoms with Gasteiger partial charge in [-0.05, 0) is 18.8 Å². The minimum Gasteiger partial charge on any atom is -0.368 e. The van der Waals surface area contributed by atoms with Crippen LogP contribution in [0.3, 0.4) is 0 Å². The van der Waals surface area contributed by atoms with E-state index in [-0.39, 0.29) is 0 Å². The lowest BCUT2D eigenvalue weighted by molar-refractivity contribution is 0.373. The lowest BCUT2D eigenvalue weighted by Crippen LogP contribution is -2.18. The molecule has 0 saturated heterocycles. The third kappa shape index (κ3) is 3.88. The number of fused-ring (bicyclic) bond motifs is 1. The van der Waals surface area contributed by atoms with Gasteiger partial charge in [0.2, 0.25) is 0 Å². The van der Waals surface area contributed by atoms with E-state index in [1.165, 1.54) is 32.1 Å². The lowest BCUT2D eigenvalue weighted by atomic mass is 9.89. The third-order valence-corrected chi connectivity index (χ3v) is 5.85. The van der Waals surface area contributed by atoms with Crippen LogP contribution in [0.15, 0.2) is 67.0 Å². The van der Waals surface area contributed by atoms with Gasteiger partial charge in [-0.15, -0.1) is 0 Å². The summed E-state index contributed by atoms with van der Waals surface area (Å²) in [6.45, 7) is 0.925. The zero-order chi connectivity index (χ0) is 20.2. The van der Waals surface area contributed by atoms with Crippen molar-refractivity contribution >= 4 is 17.0 Å². The molecule has 1 fully saturated rings. The molecule has 1 aliphatic carbocycles. The van der Waals surface area contributed by atoms with Gasteiger partial charge in [0.05, 0.1) is 11.4 Å². The van der Waals surface area contributed by atoms with E-state index in [0.717, 1.165) is 40.4 Å². The number of benzene rings is 2. The van der Waals surface area contributed by atoms with Crippen molar-refractivity contribution in [2.75, 3.05) is 11.9 Å². The largest absolute Gasteiger partial charge is 0.368 e. The maximum absolute atomic E-state index is 5.04. The fourth-order valence-electron chi connectivity index (χ4n) is 4.23. The van der Waals surface area contributed by atoms with Gasteiger partial charge in [0.1, 0.15) is 6.33 Å². The summed E-state index contributed by atoms with van der Waals surface area (Å²) >= 11 is 0. The number of rotatable bonds is 5. The van der Waals surface area contributed by atoms with Crippen LogP contribution >= 0.6 is 0 Å². The summed E-state index contributed by atoms with van der Waals surface area (Å²) in [4.78, 5) is 18.9. The number of aromatic nitrogens is 4. The van der Waals surface area contributed by atoms with E-state index >= 15 is 0 Å². The van der Waals surface area contributed by atoms with Crippen LogP contribution in [-0.4, -0.2) is 26.5 Å². The van der Waals surface area contributed by atoms with Crippen LogP contribution in [-0.2, 0) is 0 Å². The quantitative estimate of drug-likeness (QED) is 0.466. The van der Waals surface area contributed by atoms with Crippen LogP contribution in [0.25, 0.3) is 33.7 Å². The average Bonchev–Trinajstić information content (AvgIpc) is 2.83. The Morgan fingerprint density at radius 2 is 1.37 bits per heavy atom. The van der Waals surface area contributed by atoms with Gasteiger partial charge in [-0.3, -0.25) is 0 Å². The highest BCUT2D eigenvalue weighted by molar-refractivity contribution is 5.89. The van der Waals surface area contributed by atoms with Crippen LogP contribution in [0.4, 0.5) is 5.82 Å². The van der Waals surface area contributed by atoms with Crippen LogP contribution in [0.2, 0.25) is 0 Å². The number of nitrogens with zero attached hydrogens (tertiary/aromatic N) is 4. The first-order valence-electron chi connectivity index (χ1n) is 10.8. The van der Waals surface area contributed by atoms with Crippen molar-refractivity contribution in [1.29, 1.82) is 0 Å². The molecule has 1 N–H and O–H groups in total. The Labute approximate surface area is 176 Å². The minimum absolute atomic E-state index is 0.620. The monoisotopic (exact) mass is 395 g/mol. The van der Waals surface area contributed by atoms with Crippen molar-refractivity contribution in [2.45, 2.75) is 32.1 Å². The summed E-state index contributed by atoms with van der Waals surface area (Å²) in [5.74, 6) is 1.48. The zero-order valence-corrected chi connectivity index (χ0v) is 17.0. The molecule has 0 spiro atoms. The van der Waals surface area contributed by atoms with Gasteiger partial charge in [0.15, 0.2) is 17.0 Å². The summed E-state index contributed by atoms with van der Waals surface area (Å²) in [7, 11) is 0. The van der Waals surface area contributed by atoms with Crippen molar-refractivity contribution in [3.63, 3.8) is 0 Å². The Morgan fingerprint density at radius 3 is 2.03 bits per heavy atom. The van der Waals surface area contributed by atoms with E-state index in [9.17, 15) is 0 Å². The number of nitrogens with one attached hydrogen (secondary N) is 1. The van der Waals surface area contributed by atoms with Gasteiger partial charge < -0.3 is 5.32 Å². The van der Waals surface area contributed by atoms with Gasteiger partial charge in [-0.1, -0.05) is 79.9 Å². The molecule has 1 saturated carbocycles. The molecule has 2 heterocycles. The van der Waals surface area contributed by atoms with Crippen molar-refractivity contribution in [3.05, 3.63) is 67.0 Å². The van der Waals surface area contributed by atoms with Crippen molar-refractivity contribution in [1.82, 2.24) is 19.9 Å².